The molecule has 8 heteroatoms. The molecule has 3 aromatic rings. The molecule has 33 heavy (non-hydrogen) atoms. The van der Waals surface area contributed by atoms with Crippen LogP contribution in [0.4, 0.5) is 5.69 Å². The van der Waals surface area contributed by atoms with Crippen LogP contribution in [-0.2, 0) is 16.0 Å². The molecule has 8 nitrogen and oxygen atoms in total. The second kappa shape index (κ2) is 10.6. The monoisotopic (exact) mass is 447 g/mol. The van der Waals surface area contributed by atoms with Crippen molar-refractivity contribution in [1.29, 1.82) is 0 Å². The highest BCUT2D eigenvalue weighted by Crippen LogP contribution is 2.18. The molecule has 1 aliphatic rings. The molecular weight excluding hydrogens is 422 g/mol. The van der Waals surface area contributed by atoms with Crippen molar-refractivity contribution in [3.8, 4) is 0 Å². The van der Waals surface area contributed by atoms with Gasteiger partial charge in [-0.3, -0.25) is 14.4 Å². The van der Waals surface area contributed by atoms with Crippen molar-refractivity contribution in [2.24, 2.45) is 0 Å². The SMILES string of the molecule is O=C(Nc1ccccc1C(=O)N[C@@H](Cc1ccccc1)C(=O)N1CCOCC1)c1ccco1. The number of nitrogens with one attached hydrogen (secondary N) is 2. The minimum absolute atomic E-state index is 0.134. The van der Waals surface area contributed by atoms with Crippen molar-refractivity contribution >= 4 is 23.4 Å². The van der Waals surface area contributed by atoms with Crippen LogP contribution in [0, 0.1) is 0 Å². The van der Waals surface area contributed by atoms with E-state index in [-0.39, 0.29) is 17.2 Å². The fourth-order valence-electron chi connectivity index (χ4n) is 3.67. The summed E-state index contributed by atoms with van der Waals surface area (Å²) in [7, 11) is 0. The fraction of sp³-hybridized carbons (Fsp3) is 0.240. The first-order chi connectivity index (χ1) is 16.1. The average Bonchev–Trinajstić information content (AvgIpc) is 3.40. The van der Waals surface area contributed by atoms with Gasteiger partial charge in [-0.05, 0) is 29.8 Å². The second-order valence-corrected chi connectivity index (χ2v) is 7.63. The lowest BCUT2D eigenvalue weighted by atomic mass is 10.0. The predicted molar refractivity (Wildman–Crippen MR) is 122 cm³/mol. The van der Waals surface area contributed by atoms with Gasteiger partial charge < -0.3 is 24.7 Å². The summed E-state index contributed by atoms with van der Waals surface area (Å²) in [6, 6.07) is 18.6. The van der Waals surface area contributed by atoms with Gasteiger partial charge in [-0.25, -0.2) is 0 Å². The van der Waals surface area contributed by atoms with E-state index in [1.54, 1.807) is 35.2 Å². The van der Waals surface area contributed by atoms with E-state index in [0.29, 0.717) is 38.4 Å². The van der Waals surface area contributed by atoms with Crippen molar-refractivity contribution in [2.45, 2.75) is 12.5 Å². The molecule has 0 radical (unpaired) electrons. The maximum Gasteiger partial charge on any atom is 0.291 e. The summed E-state index contributed by atoms with van der Waals surface area (Å²) >= 11 is 0. The molecule has 2 N–H and O–H groups in total. The molecule has 1 aromatic heterocycles. The molecule has 2 heterocycles. The number of nitrogens with zero attached hydrogens (tertiary/aromatic N) is 1. The van der Waals surface area contributed by atoms with Gasteiger partial charge in [-0.1, -0.05) is 42.5 Å². The molecular formula is C25H25N3O5. The highest BCUT2D eigenvalue weighted by molar-refractivity contribution is 6.08. The number of benzene rings is 2. The average molecular weight is 447 g/mol. The van der Waals surface area contributed by atoms with Crippen LogP contribution >= 0.6 is 0 Å². The maximum atomic E-state index is 13.3. The van der Waals surface area contributed by atoms with Gasteiger partial charge in [0, 0.05) is 19.5 Å². The Morgan fingerprint density at radius 3 is 2.33 bits per heavy atom. The summed E-state index contributed by atoms with van der Waals surface area (Å²) in [6.07, 6.45) is 1.75. The van der Waals surface area contributed by atoms with Crippen molar-refractivity contribution in [3.05, 3.63) is 89.9 Å². The van der Waals surface area contributed by atoms with E-state index in [1.807, 2.05) is 30.3 Å². The summed E-state index contributed by atoms with van der Waals surface area (Å²) in [5.74, 6) is -0.944. The minimum atomic E-state index is -0.758. The molecule has 1 fully saturated rings. The Kier molecular flexibility index (Phi) is 7.16. The quantitative estimate of drug-likeness (QED) is 0.580. The Morgan fingerprint density at radius 2 is 1.61 bits per heavy atom. The third-order valence-corrected chi connectivity index (χ3v) is 5.37. The summed E-state index contributed by atoms with van der Waals surface area (Å²) < 4.78 is 10.5. The number of amides is 3. The lowest BCUT2D eigenvalue weighted by Gasteiger charge is -2.31. The Balaban J connectivity index is 1.54. The molecule has 0 spiro atoms. The lowest BCUT2D eigenvalue weighted by Crippen LogP contribution is -2.52. The van der Waals surface area contributed by atoms with Crippen LogP contribution in [0.5, 0.6) is 0 Å². The highest BCUT2D eigenvalue weighted by atomic mass is 16.5. The molecule has 4 rings (SSSR count). The van der Waals surface area contributed by atoms with Gasteiger partial charge in [0.25, 0.3) is 11.8 Å². The molecule has 1 aliphatic heterocycles. The van der Waals surface area contributed by atoms with Crippen LogP contribution in [0.3, 0.4) is 0 Å². The summed E-state index contributed by atoms with van der Waals surface area (Å²) in [6.45, 7) is 1.91. The highest BCUT2D eigenvalue weighted by Gasteiger charge is 2.28. The van der Waals surface area contributed by atoms with Gasteiger partial charge in [0.2, 0.25) is 5.91 Å². The first-order valence-corrected chi connectivity index (χ1v) is 10.8. The molecule has 1 atom stereocenters. The number of anilines is 1. The van der Waals surface area contributed by atoms with E-state index in [2.05, 4.69) is 10.6 Å². The van der Waals surface area contributed by atoms with E-state index in [4.69, 9.17) is 9.15 Å². The summed E-state index contributed by atoms with van der Waals surface area (Å²) in [5, 5.41) is 5.59. The van der Waals surface area contributed by atoms with Crippen LogP contribution in [0.2, 0.25) is 0 Å². The number of para-hydroxylation sites is 1. The van der Waals surface area contributed by atoms with E-state index in [1.165, 1.54) is 12.3 Å². The molecule has 2 aromatic carbocycles. The number of hydrogen-bond acceptors (Lipinski definition) is 5. The van der Waals surface area contributed by atoms with Crippen LogP contribution in [0.15, 0.2) is 77.4 Å². The van der Waals surface area contributed by atoms with E-state index >= 15 is 0 Å². The normalized spacial score (nSPS) is 14.4. The van der Waals surface area contributed by atoms with Gasteiger partial charge >= 0.3 is 0 Å². The second-order valence-electron chi connectivity index (χ2n) is 7.63. The third-order valence-electron chi connectivity index (χ3n) is 5.37. The van der Waals surface area contributed by atoms with Crippen LogP contribution in [-0.4, -0.2) is 55.0 Å². The Morgan fingerprint density at radius 1 is 0.879 bits per heavy atom. The van der Waals surface area contributed by atoms with Gasteiger partial charge in [-0.15, -0.1) is 0 Å². The van der Waals surface area contributed by atoms with Gasteiger partial charge in [0.05, 0.1) is 30.7 Å². The first-order valence-electron chi connectivity index (χ1n) is 10.8. The van der Waals surface area contributed by atoms with E-state index in [0.717, 1.165) is 5.56 Å². The number of morpholine rings is 1. The fourth-order valence-corrected chi connectivity index (χ4v) is 3.67. The topological polar surface area (TPSA) is 101 Å². The minimum Gasteiger partial charge on any atom is -0.459 e. The van der Waals surface area contributed by atoms with Crippen molar-refractivity contribution < 1.29 is 23.5 Å². The van der Waals surface area contributed by atoms with Gasteiger partial charge in [-0.2, -0.15) is 0 Å². The van der Waals surface area contributed by atoms with E-state index in [9.17, 15) is 14.4 Å². The Bertz CT molecular complexity index is 1090. The number of carbonyl (C=O) groups excluding carboxylic acids is 3. The van der Waals surface area contributed by atoms with Crippen molar-refractivity contribution in [3.63, 3.8) is 0 Å². The van der Waals surface area contributed by atoms with E-state index < -0.39 is 17.9 Å². The smallest absolute Gasteiger partial charge is 0.291 e. The number of furan rings is 1. The Labute approximate surface area is 191 Å². The van der Waals surface area contributed by atoms with Crippen molar-refractivity contribution in [2.75, 3.05) is 31.6 Å². The molecule has 170 valence electrons. The molecule has 0 bridgehead atoms. The largest absolute Gasteiger partial charge is 0.459 e. The summed E-state index contributed by atoms with van der Waals surface area (Å²) in [5.41, 5.74) is 1.52. The molecule has 1 saturated heterocycles. The van der Waals surface area contributed by atoms with Crippen LogP contribution in [0.25, 0.3) is 0 Å². The zero-order valence-corrected chi connectivity index (χ0v) is 18.0. The zero-order valence-electron chi connectivity index (χ0n) is 18.0. The predicted octanol–water partition coefficient (Wildman–Crippen LogP) is 2.73. The standard InChI is InChI=1S/C25H25N3O5/c29-23(19-9-4-5-10-20(19)26-24(30)22-11-6-14-33-22)27-21(17-18-7-2-1-3-8-18)25(31)28-12-15-32-16-13-28/h1-11,14,21H,12-13,15-17H2,(H,26,30)(H,27,29)/t21-/m0/s1. The summed E-state index contributed by atoms with van der Waals surface area (Å²) in [4.78, 5) is 40.6. The number of hydrogen-bond donors (Lipinski definition) is 2. The molecule has 0 unspecified atom stereocenters. The zero-order chi connectivity index (χ0) is 23.0. The number of ether oxygens (including phenoxy) is 1. The molecule has 0 aliphatic carbocycles. The van der Waals surface area contributed by atoms with Crippen LogP contribution < -0.4 is 10.6 Å². The first kappa shape index (κ1) is 22.3. The van der Waals surface area contributed by atoms with Gasteiger partial charge in [0.15, 0.2) is 5.76 Å². The Hall–Kier alpha value is -3.91. The van der Waals surface area contributed by atoms with Gasteiger partial charge in [0.1, 0.15) is 6.04 Å². The van der Waals surface area contributed by atoms with Crippen molar-refractivity contribution in [1.82, 2.24) is 10.2 Å². The maximum absolute atomic E-state index is 13.3. The van der Waals surface area contributed by atoms with Crippen LogP contribution in [0.1, 0.15) is 26.5 Å². The number of carbonyl (C=O) groups is 3. The molecule has 0 saturated carbocycles. The molecule has 3 amide bonds. The number of rotatable bonds is 7. The third kappa shape index (κ3) is 5.67. The lowest BCUT2D eigenvalue weighted by molar-refractivity contribution is -0.137.